The number of benzene rings is 1. The Morgan fingerprint density at radius 3 is 2.56 bits per heavy atom. The minimum atomic E-state index is -0.355. The van der Waals surface area contributed by atoms with Crippen molar-refractivity contribution in [2.75, 3.05) is 7.11 Å². The Kier molecular flexibility index (Phi) is 2.97. The Bertz CT molecular complexity index is 502. The molecule has 0 atom stereocenters. The van der Waals surface area contributed by atoms with Crippen LogP contribution in [0.15, 0.2) is 36.7 Å². The van der Waals surface area contributed by atoms with Gasteiger partial charge in [-0.05, 0) is 17.7 Å². The molecule has 0 radical (unpaired) electrons. The molecule has 0 spiro atoms. The van der Waals surface area contributed by atoms with Crippen molar-refractivity contribution in [3.05, 3.63) is 47.2 Å². The fraction of sp³-hybridized carbons (Fsp3) is 0.0833. The minimum absolute atomic E-state index is 0.355. The molecule has 1 aromatic heterocycles. The second kappa shape index (κ2) is 4.41. The van der Waals surface area contributed by atoms with E-state index in [-0.39, 0.29) is 5.97 Å². The van der Waals surface area contributed by atoms with Gasteiger partial charge >= 0.3 is 5.97 Å². The van der Waals surface area contributed by atoms with Gasteiger partial charge in [-0.3, -0.25) is 0 Å². The van der Waals surface area contributed by atoms with Crippen LogP contribution in [0.1, 0.15) is 10.4 Å². The summed E-state index contributed by atoms with van der Waals surface area (Å²) in [6, 6.07) is 7.28. The van der Waals surface area contributed by atoms with Crippen molar-refractivity contribution in [2.45, 2.75) is 0 Å². The largest absolute Gasteiger partial charge is 0.465 e. The van der Waals surface area contributed by atoms with E-state index in [2.05, 4.69) is 4.98 Å². The van der Waals surface area contributed by atoms with E-state index < -0.39 is 0 Å². The SMILES string of the molecule is COC(=O)c1c[nH]cc1-c1ccc(Cl)cc1. The van der Waals surface area contributed by atoms with E-state index in [0.717, 1.165) is 11.1 Å². The van der Waals surface area contributed by atoms with E-state index in [1.54, 1.807) is 24.5 Å². The van der Waals surface area contributed by atoms with Crippen LogP contribution in [0.2, 0.25) is 5.02 Å². The lowest BCUT2D eigenvalue weighted by atomic mass is 10.1. The number of hydrogen-bond acceptors (Lipinski definition) is 2. The van der Waals surface area contributed by atoms with Crippen LogP contribution in [0.5, 0.6) is 0 Å². The molecule has 16 heavy (non-hydrogen) atoms. The van der Waals surface area contributed by atoms with Crippen molar-refractivity contribution < 1.29 is 9.53 Å². The molecular weight excluding hydrogens is 226 g/mol. The molecule has 3 nitrogen and oxygen atoms in total. The zero-order valence-electron chi connectivity index (χ0n) is 8.66. The number of aromatic nitrogens is 1. The predicted octanol–water partition coefficient (Wildman–Crippen LogP) is 3.12. The van der Waals surface area contributed by atoms with Crippen LogP contribution in [0.4, 0.5) is 0 Å². The fourth-order valence-electron chi connectivity index (χ4n) is 1.51. The smallest absolute Gasteiger partial charge is 0.340 e. The van der Waals surface area contributed by atoms with Crippen LogP contribution >= 0.6 is 11.6 Å². The first-order chi connectivity index (χ1) is 7.72. The number of hydrogen-bond donors (Lipinski definition) is 1. The summed E-state index contributed by atoms with van der Waals surface area (Å²) >= 11 is 5.80. The molecule has 0 unspecified atom stereocenters. The number of ether oxygens (including phenoxy) is 1. The third-order valence-corrected chi connectivity index (χ3v) is 2.56. The third kappa shape index (κ3) is 1.95. The molecule has 0 saturated heterocycles. The van der Waals surface area contributed by atoms with Crippen molar-refractivity contribution in [1.29, 1.82) is 0 Å². The highest BCUT2D eigenvalue weighted by Gasteiger charge is 2.13. The predicted molar refractivity (Wildman–Crippen MR) is 62.6 cm³/mol. The fourth-order valence-corrected chi connectivity index (χ4v) is 1.64. The van der Waals surface area contributed by atoms with Gasteiger partial charge in [0.05, 0.1) is 12.7 Å². The van der Waals surface area contributed by atoms with Crippen molar-refractivity contribution in [1.82, 2.24) is 4.98 Å². The van der Waals surface area contributed by atoms with Gasteiger partial charge in [-0.15, -0.1) is 0 Å². The second-order valence-corrected chi connectivity index (χ2v) is 3.72. The van der Waals surface area contributed by atoms with Gasteiger partial charge in [-0.1, -0.05) is 23.7 Å². The highest BCUT2D eigenvalue weighted by Crippen LogP contribution is 2.25. The Labute approximate surface area is 98.0 Å². The number of halogens is 1. The summed E-state index contributed by atoms with van der Waals surface area (Å²) in [5.74, 6) is -0.355. The first kappa shape index (κ1) is 10.8. The Morgan fingerprint density at radius 1 is 1.25 bits per heavy atom. The number of aromatic amines is 1. The average molecular weight is 236 g/mol. The first-order valence-corrected chi connectivity index (χ1v) is 5.11. The molecule has 0 aliphatic rings. The maximum Gasteiger partial charge on any atom is 0.340 e. The van der Waals surface area contributed by atoms with Gasteiger partial charge < -0.3 is 9.72 Å². The lowest BCUT2D eigenvalue weighted by molar-refractivity contribution is 0.0602. The summed E-state index contributed by atoms with van der Waals surface area (Å²) in [6.07, 6.45) is 3.38. The Hall–Kier alpha value is -1.74. The summed E-state index contributed by atoms with van der Waals surface area (Å²) < 4.78 is 4.70. The molecule has 1 aromatic carbocycles. The van der Waals surface area contributed by atoms with Gasteiger partial charge in [0.2, 0.25) is 0 Å². The zero-order valence-corrected chi connectivity index (χ0v) is 9.41. The minimum Gasteiger partial charge on any atom is -0.465 e. The highest BCUT2D eigenvalue weighted by molar-refractivity contribution is 6.30. The molecule has 0 aliphatic heterocycles. The zero-order chi connectivity index (χ0) is 11.5. The van der Waals surface area contributed by atoms with Crippen molar-refractivity contribution >= 4 is 17.6 Å². The maximum atomic E-state index is 11.5. The van der Waals surface area contributed by atoms with Crippen LogP contribution in [0.3, 0.4) is 0 Å². The van der Waals surface area contributed by atoms with Gasteiger partial charge in [0.15, 0.2) is 0 Å². The van der Waals surface area contributed by atoms with Gasteiger partial charge in [0, 0.05) is 23.0 Å². The molecule has 0 fully saturated rings. The topological polar surface area (TPSA) is 42.1 Å². The molecule has 0 amide bonds. The Morgan fingerprint density at radius 2 is 1.94 bits per heavy atom. The summed E-state index contributed by atoms with van der Waals surface area (Å²) in [5.41, 5.74) is 2.25. The molecule has 2 rings (SSSR count). The maximum absolute atomic E-state index is 11.5. The van der Waals surface area contributed by atoms with Crippen LogP contribution in [-0.4, -0.2) is 18.1 Å². The molecule has 82 valence electrons. The number of nitrogens with one attached hydrogen (secondary N) is 1. The molecule has 0 saturated carbocycles. The monoisotopic (exact) mass is 235 g/mol. The molecular formula is C12H10ClNO2. The lowest BCUT2D eigenvalue weighted by Gasteiger charge is -2.02. The summed E-state index contributed by atoms with van der Waals surface area (Å²) in [7, 11) is 1.36. The molecule has 0 bridgehead atoms. The normalized spacial score (nSPS) is 10.1. The number of esters is 1. The Balaban J connectivity index is 2.44. The van der Waals surface area contributed by atoms with Crippen LogP contribution in [0, 0.1) is 0 Å². The van der Waals surface area contributed by atoms with Crippen molar-refractivity contribution in [3.8, 4) is 11.1 Å². The molecule has 2 aromatic rings. The highest BCUT2D eigenvalue weighted by atomic mass is 35.5. The molecule has 0 aliphatic carbocycles. The van der Waals surface area contributed by atoms with E-state index >= 15 is 0 Å². The summed E-state index contributed by atoms with van der Waals surface area (Å²) in [5, 5.41) is 0.666. The second-order valence-electron chi connectivity index (χ2n) is 3.28. The number of methoxy groups -OCH3 is 1. The third-order valence-electron chi connectivity index (χ3n) is 2.31. The van der Waals surface area contributed by atoms with Gasteiger partial charge in [-0.2, -0.15) is 0 Å². The van der Waals surface area contributed by atoms with E-state index in [4.69, 9.17) is 16.3 Å². The first-order valence-electron chi connectivity index (χ1n) is 4.73. The quantitative estimate of drug-likeness (QED) is 0.813. The van der Waals surface area contributed by atoms with Gasteiger partial charge in [-0.25, -0.2) is 4.79 Å². The number of carbonyl (C=O) groups is 1. The van der Waals surface area contributed by atoms with Crippen LogP contribution < -0.4 is 0 Å². The lowest BCUT2D eigenvalue weighted by Crippen LogP contribution is -2.00. The van der Waals surface area contributed by atoms with Crippen LogP contribution in [0.25, 0.3) is 11.1 Å². The molecule has 4 heteroatoms. The van der Waals surface area contributed by atoms with Gasteiger partial charge in [0.25, 0.3) is 0 Å². The number of carbonyl (C=O) groups excluding carboxylic acids is 1. The molecule has 1 heterocycles. The van der Waals surface area contributed by atoms with E-state index in [1.165, 1.54) is 7.11 Å². The van der Waals surface area contributed by atoms with E-state index in [0.29, 0.717) is 10.6 Å². The van der Waals surface area contributed by atoms with E-state index in [9.17, 15) is 4.79 Å². The molecule has 1 N–H and O–H groups in total. The summed E-state index contributed by atoms with van der Waals surface area (Å²) in [6.45, 7) is 0. The van der Waals surface area contributed by atoms with Crippen molar-refractivity contribution in [2.24, 2.45) is 0 Å². The van der Waals surface area contributed by atoms with Gasteiger partial charge in [0.1, 0.15) is 0 Å². The van der Waals surface area contributed by atoms with Crippen molar-refractivity contribution in [3.63, 3.8) is 0 Å². The number of rotatable bonds is 2. The van der Waals surface area contributed by atoms with Crippen LogP contribution in [-0.2, 0) is 4.74 Å². The number of H-pyrrole nitrogens is 1. The summed E-state index contributed by atoms with van der Waals surface area (Å²) in [4.78, 5) is 14.4. The standard InChI is InChI=1S/C12H10ClNO2/c1-16-12(15)11-7-14-6-10(11)8-2-4-9(13)5-3-8/h2-7,14H,1H3. The average Bonchev–Trinajstić information content (AvgIpc) is 2.78. The van der Waals surface area contributed by atoms with E-state index in [1.807, 2.05) is 12.1 Å².